The minimum atomic E-state index is -0.136. The number of hydrogen-bond acceptors (Lipinski definition) is 3. The van der Waals surface area contributed by atoms with Gasteiger partial charge in [-0.25, -0.2) is 4.79 Å². The number of nitrogens with one attached hydrogen (secondary N) is 1. The Bertz CT molecular complexity index is 767. The second-order valence-electron chi connectivity index (χ2n) is 6.77. The zero-order valence-electron chi connectivity index (χ0n) is 15.7. The van der Waals surface area contributed by atoms with Crippen molar-refractivity contribution in [2.24, 2.45) is 0 Å². The molecule has 6 nitrogen and oxygen atoms in total. The third-order valence-corrected chi connectivity index (χ3v) is 4.35. The average Bonchev–Trinajstić information content (AvgIpc) is 2.68. The van der Waals surface area contributed by atoms with Gasteiger partial charge in [0.05, 0.1) is 6.10 Å². The molecule has 0 spiro atoms. The number of carbonyl (C=O) groups excluding carboxylic acids is 2. The molecule has 2 aromatic carbocycles. The van der Waals surface area contributed by atoms with E-state index in [2.05, 4.69) is 5.32 Å². The fraction of sp³-hybridized carbons (Fsp3) is 0.333. The minimum Gasteiger partial charge on any atom is -0.491 e. The van der Waals surface area contributed by atoms with Crippen molar-refractivity contribution in [3.63, 3.8) is 0 Å². The summed E-state index contributed by atoms with van der Waals surface area (Å²) in [5, 5.41) is 2.88. The van der Waals surface area contributed by atoms with Crippen molar-refractivity contribution in [3.05, 3.63) is 60.2 Å². The standard InChI is InChI=1S/C21H25N3O3/c1-16(2)27-19-10-8-17(9-11-19)20(25)23-12-14-24(15-13-23)21(26)22-18-6-4-3-5-7-18/h3-11,16H,12-15H2,1-2H3,(H,22,26). The van der Waals surface area contributed by atoms with Crippen LogP contribution in [0.4, 0.5) is 10.5 Å². The van der Waals surface area contributed by atoms with E-state index in [0.717, 1.165) is 11.4 Å². The maximum Gasteiger partial charge on any atom is 0.321 e. The molecular weight excluding hydrogens is 342 g/mol. The van der Waals surface area contributed by atoms with Crippen molar-refractivity contribution < 1.29 is 14.3 Å². The number of ether oxygens (including phenoxy) is 1. The SMILES string of the molecule is CC(C)Oc1ccc(C(=O)N2CCN(C(=O)Nc3ccccc3)CC2)cc1. The van der Waals surface area contributed by atoms with Crippen molar-refractivity contribution in [1.29, 1.82) is 0 Å². The number of hydrogen-bond donors (Lipinski definition) is 1. The summed E-state index contributed by atoms with van der Waals surface area (Å²) in [5.74, 6) is 0.734. The van der Waals surface area contributed by atoms with Gasteiger partial charge in [-0.2, -0.15) is 0 Å². The quantitative estimate of drug-likeness (QED) is 0.900. The van der Waals surface area contributed by atoms with Crippen LogP contribution in [0.5, 0.6) is 5.75 Å². The molecule has 1 aliphatic heterocycles. The van der Waals surface area contributed by atoms with Crippen molar-refractivity contribution in [2.45, 2.75) is 20.0 Å². The van der Waals surface area contributed by atoms with Gasteiger partial charge in [-0.1, -0.05) is 18.2 Å². The second kappa shape index (κ2) is 8.58. The number of para-hydroxylation sites is 1. The number of carbonyl (C=O) groups is 2. The molecule has 0 aliphatic carbocycles. The van der Waals surface area contributed by atoms with E-state index in [1.54, 1.807) is 21.9 Å². The molecule has 0 bridgehead atoms. The highest BCUT2D eigenvalue weighted by atomic mass is 16.5. The second-order valence-corrected chi connectivity index (χ2v) is 6.77. The molecule has 6 heteroatoms. The molecule has 1 fully saturated rings. The number of piperazine rings is 1. The van der Waals surface area contributed by atoms with Crippen LogP contribution in [0, 0.1) is 0 Å². The fourth-order valence-corrected chi connectivity index (χ4v) is 2.97. The summed E-state index contributed by atoms with van der Waals surface area (Å²) in [6, 6.07) is 16.4. The molecule has 0 radical (unpaired) electrons. The van der Waals surface area contributed by atoms with E-state index in [9.17, 15) is 9.59 Å². The van der Waals surface area contributed by atoms with E-state index in [4.69, 9.17) is 4.74 Å². The first-order valence-corrected chi connectivity index (χ1v) is 9.20. The van der Waals surface area contributed by atoms with Crippen molar-refractivity contribution in [2.75, 3.05) is 31.5 Å². The number of amides is 3. The van der Waals surface area contributed by atoms with Gasteiger partial charge in [0.1, 0.15) is 5.75 Å². The van der Waals surface area contributed by atoms with Crippen LogP contribution in [0.3, 0.4) is 0 Å². The van der Waals surface area contributed by atoms with Crippen LogP contribution in [0.1, 0.15) is 24.2 Å². The lowest BCUT2D eigenvalue weighted by Crippen LogP contribution is -2.51. The predicted octanol–water partition coefficient (Wildman–Crippen LogP) is 3.46. The van der Waals surface area contributed by atoms with E-state index in [1.165, 1.54) is 0 Å². The van der Waals surface area contributed by atoms with Gasteiger partial charge in [0.25, 0.3) is 5.91 Å². The van der Waals surface area contributed by atoms with Crippen LogP contribution in [-0.4, -0.2) is 54.0 Å². The molecule has 2 aromatic rings. The molecule has 0 unspecified atom stereocenters. The molecule has 0 aromatic heterocycles. The highest BCUT2D eigenvalue weighted by Crippen LogP contribution is 2.16. The van der Waals surface area contributed by atoms with Gasteiger partial charge in [0.2, 0.25) is 0 Å². The van der Waals surface area contributed by atoms with Crippen LogP contribution >= 0.6 is 0 Å². The molecule has 27 heavy (non-hydrogen) atoms. The maximum absolute atomic E-state index is 12.7. The molecular formula is C21H25N3O3. The molecule has 1 aliphatic rings. The summed E-state index contributed by atoms with van der Waals surface area (Å²) in [7, 11) is 0. The Balaban J connectivity index is 1.52. The van der Waals surface area contributed by atoms with Gasteiger partial charge < -0.3 is 19.9 Å². The summed E-state index contributed by atoms with van der Waals surface area (Å²) in [6.07, 6.45) is 0.0988. The molecule has 1 N–H and O–H groups in total. The zero-order chi connectivity index (χ0) is 19.2. The minimum absolute atomic E-state index is 0.0192. The van der Waals surface area contributed by atoms with Crippen LogP contribution in [0.25, 0.3) is 0 Å². The molecule has 0 atom stereocenters. The van der Waals surface area contributed by atoms with Crippen molar-refractivity contribution >= 4 is 17.6 Å². The number of rotatable bonds is 4. The first-order chi connectivity index (χ1) is 13.0. The maximum atomic E-state index is 12.7. The highest BCUT2D eigenvalue weighted by Gasteiger charge is 2.25. The van der Waals surface area contributed by atoms with Crippen molar-refractivity contribution in [1.82, 2.24) is 9.80 Å². The summed E-state index contributed by atoms with van der Waals surface area (Å²) >= 11 is 0. The fourth-order valence-electron chi connectivity index (χ4n) is 2.97. The predicted molar refractivity (Wildman–Crippen MR) is 105 cm³/mol. The van der Waals surface area contributed by atoms with Gasteiger partial charge >= 0.3 is 6.03 Å². The monoisotopic (exact) mass is 367 g/mol. The third kappa shape index (κ3) is 5.00. The largest absolute Gasteiger partial charge is 0.491 e. The average molecular weight is 367 g/mol. The van der Waals surface area contributed by atoms with Gasteiger partial charge in [-0.15, -0.1) is 0 Å². The molecule has 142 valence electrons. The van der Waals surface area contributed by atoms with E-state index in [-0.39, 0.29) is 18.0 Å². The summed E-state index contributed by atoms with van der Waals surface area (Å²) in [5.41, 5.74) is 1.40. The number of benzene rings is 2. The molecule has 0 saturated carbocycles. The Labute approximate surface area is 159 Å². The Morgan fingerprint density at radius 3 is 2.07 bits per heavy atom. The van der Waals surface area contributed by atoms with Crippen LogP contribution in [-0.2, 0) is 0 Å². The van der Waals surface area contributed by atoms with Gasteiger partial charge in [0, 0.05) is 37.4 Å². The van der Waals surface area contributed by atoms with Crippen LogP contribution in [0.15, 0.2) is 54.6 Å². The number of anilines is 1. The Morgan fingerprint density at radius 2 is 1.48 bits per heavy atom. The smallest absolute Gasteiger partial charge is 0.321 e. The summed E-state index contributed by atoms with van der Waals surface area (Å²) in [6.45, 7) is 5.99. The normalized spacial score (nSPS) is 14.2. The number of urea groups is 1. The van der Waals surface area contributed by atoms with Crippen molar-refractivity contribution in [3.8, 4) is 5.75 Å². The Morgan fingerprint density at radius 1 is 0.889 bits per heavy atom. The van der Waals surface area contributed by atoms with Gasteiger partial charge in [-0.05, 0) is 50.2 Å². The summed E-state index contributed by atoms with van der Waals surface area (Å²) < 4.78 is 5.61. The van der Waals surface area contributed by atoms with E-state index >= 15 is 0 Å². The van der Waals surface area contributed by atoms with Crippen LogP contribution in [0.2, 0.25) is 0 Å². The topological polar surface area (TPSA) is 61.9 Å². The first kappa shape index (κ1) is 18.8. The first-order valence-electron chi connectivity index (χ1n) is 9.20. The molecule has 1 saturated heterocycles. The summed E-state index contributed by atoms with van der Waals surface area (Å²) in [4.78, 5) is 28.5. The lowest BCUT2D eigenvalue weighted by atomic mass is 10.1. The molecule has 3 amide bonds. The van der Waals surface area contributed by atoms with Crippen LogP contribution < -0.4 is 10.1 Å². The third-order valence-electron chi connectivity index (χ3n) is 4.35. The Hall–Kier alpha value is -3.02. The number of nitrogens with zero attached hydrogens (tertiary/aromatic N) is 2. The molecule has 1 heterocycles. The highest BCUT2D eigenvalue weighted by molar-refractivity contribution is 5.95. The van der Waals surface area contributed by atoms with Gasteiger partial charge in [0.15, 0.2) is 0 Å². The van der Waals surface area contributed by atoms with Gasteiger partial charge in [-0.3, -0.25) is 4.79 Å². The lowest BCUT2D eigenvalue weighted by Gasteiger charge is -2.34. The molecule has 3 rings (SSSR count). The van der Waals surface area contributed by atoms with E-state index in [1.807, 2.05) is 56.3 Å². The zero-order valence-corrected chi connectivity index (χ0v) is 15.7. The van der Waals surface area contributed by atoms with E-state index in [0.29, 0.717) is 31.7 Å². The Kier molecular flexibility index (Phi) is 5.96. The lowest BCUT2D eigenvalue weighted by molar-refractivity contribution is 0.0671. The van der Waals surface area contributed by atoms with E-state index < -0.39 is 0 Å².